The van der Waals surface area contributed by atoms with Crippen molar-refractivity contribution in [2.45, 2.75) is 42.6 Å². The first-order valence-electron chi connectivity index (χ1n) is 6.81. The normalized spacial score (nSPS) is 11.7. The van der Waals surface area contributed by atoms with Gasteiger partial charge in [-0.1, -0.05) is 51.4 Å². The van der Waals surface area contributed by atoms with Crippen LogP contribution in [0.4, 0.5) is 0 Å². The molecule has 21 heavy (non-hydrogen) atoms. The molecule has 0 unspecified atom stereocenters. The van der Waals surface area contributed by atoms with Crippen LogP contribution >= 0.6 is 39.3 Å². The maximum absolute atomic E-state index is 6.39. The van der Waals surface area contributed by atoms with E-state index < -0.39 is 0 Å². The van der Waals surface area contributed by atoms with Gasteiger partial charge in [0.15, 0.2) is 0 Å². The van der Waals surface area contributed by atoms with E-state index in [9.17, 15) is 0 Å². The molecule has 0 aromatic heterocycles. The minimum atomic E-state index is 0.0664. The van der Waals surface area contributed by atoms with Crippen molar-refractivity contribution in [2.24, 2.45) is 0 Å². The summed E-state index contributed by atoms with van der Waals surface area (Å²) < 4.78 is 1.09. The maximum atomic E-state index is 6.39. The van der Waals surface area contributed by atoms with Gasteiger partial charge in [0.1, 0.15) is 0 Å². The Morgan fingerprint density at radius 3 is 2.52 bits per heavy atom. The van der Waals surface area contributed by atoms with Crippen LogP contribution in [-0.4, -0.2) is 5.54 Å². The standard InChI is InChI=1S/C17H19BrClNS/c1-17(2,3)20-11-14-15(19)8-5-9-16(14)21-13-7-4-6-12(18)10-13/h4-10,20H,11H2,1-3H3. The first kappa shape index (κ1) is 16.9. The van der Waals surface area contributed by atoms with Crippen molar-refractivity contribution in [2.75, 3.05) is 0 Å². The van der Waals surface area contributed by atoms with Gasteiger partial charge in [0.05, 0.1) is 0 Å². The third-order valence-corrected chi connectivity index (χ3v) is 4.83. The summed E-state index contributed by atoms with van der Waals surface area (Å²) in [6.07, 6.45) is 0. The molecule has 0 fully saturated rings. The Hall–Kier alpha value is -0.480. The number of rotatable bonds is 4. The lowest BCUT2D eigenvalue weighted by atomic mass is 10.1. The van der Waals surface area contributed by atoms with Gasteiger partial charge in [-0.25, -0.2) is 0 Å². The summed E-state index contributed by atoms with van der Waals surface area (Å²) in [5.74, 6) is 0. The lowest BCUT2D eigenvalue weighted by Crippen LogP contribution is -2.35. The number of hydrogen-bond acceptors (Lipinski definition) is 2. The molecule has 0 saturated carbocycles. The zero-order valence-corrected chi connectivity index (χ0v) is 15.6. The van der Waals surface area contributed by atoms with Gasteiger partial charge in [-0.2, -0.15) is 0 Å². The molecular formula is C17H19BrClNS. The molecule has 1 nitrogen and oxygen atoms in total. The highest BCUT2D eigenvalue weighted by Gasteiger charge is 2.13. The molecule has 0 amide bonds. The van der Waals surface area contributed by atoms with Gasteiger partial charge in [0.2, 0.25) is 0 Å². The fourth-order valence-corrected chi connectivity index (χ4v) is 3.70. The molecule has 0 bridgehead atoms. The molecule has 0 saturated heterocycles. The molecule has 0 aliphatic rings. The third-order valence-electron chi connectivity index (χ3n) is 2.90. The summed E-state index contributed by atoms with van der Waals surface area (Å²) in [5, 5.41) is 4.32. The Bertz CT molecular complexity index is 622. The highest BCUT2D eigenvalue weighted by molar-refractivity contribution is 9.10. The molecule has 2 aromatic carbocycles. The largest absolute Gasteiger partial charge is 0.308 e. The van der Waals surface area contributed by atoms with Crippen LogP contribution in [0.15, 0.2) is 56.7 Å². The van der Waals surface area contributed by atoms with Crippen LogP contribution in [0, 0.1) is 0 Å². The summed E-state index contributed by atoms with van der Waals surface area (Å²) in [7, 11) is 0. The summed E-state index contributed by atoms with van der Waals surface area (Å²) in [5.41, 5.74) is 1.22. The van der Waals surface area contributed by atoms with Gasteiger partial charge in [0, 0.05) is 31.4 Å². The molecule has 0 aliphatic heterocycles. The molecule has 4 heteroatoms. The van der Waals surface area contributed by atoms with Crippen LogP contribution < -0.4 is 5.32 Å². The zero-order valence-electron chi connectivity index (χ0n) is 12.4. The summed E-state index contributed by atoms with van der Waals surface area (Å²) in [6, 6.07) is 14.4. The van der Waals surface area contributed by atoms with Crippen LogP contribution in [-0.2, 0) is 6.54 Å². The van der Waals surface area contributed by atoms with Gasteiger partial charge in [-0.05, 0) is 56.7 Å². The second-order valence-electron chi connectivity index (χ2n) is 5.88. The van der Waals surface area contributed by atoms with E-state index in [1.807, 2.05) is 24.3 Å². The second kappa shape index (κ2) is 7.19. The highest BCUT2D eigenvalue weighted by atomic mass is 79.9. The highest BCUT2D eigenvalue weighted by Crippen LogP contribution is 2.35. The molecule has 1 N–H and O–H groups in total. The Balaban J connectivity index is 2.25. The molecule has 0 spiro atoms. The quantitative estimate of drug-likeness (QED) is 0.679. The lowest BCUT2D eigenvalue weighted by Gasteiger charge is -2.22. The Morgan fingerprint density at radius 1 is 1.14 bits per heavy atom. The van der Waals surface area contributed by atoms with Crippen molar-refractivity contribution >= 4 is 39.3 Å². The van der Waals surface area contributed by atoms with Crippen LogP contribution in [0.1, 0.15) is 26.3 Å². The van der Waals surface area contributed by atoms with Gasteiger partial charge in [-0.3, -0.25) is 0 Å². The van der Waals surface area contributed by atoms with Crippen molar-refractivity contribution in [3.05, 3.63) is 57.5 Å². The summed E-state index contributed by atoms with van der Waals surface area (Å²) in [6.45, 7) is 7.24. The van der Waals surface area contributed by atoms with Crippen molar-refractivity contribution in [3.63, 3.8) is 0 Å². The topological polar surface area (TPSA) is 12.0 Å². The van der Waals surface area contributed by atoms with E-state index in [1.165, 1.54) is 9.79 Å². The Labute approximate surface area is 144 Å². The molecule has 2 rings (SSSR count). The second-order valence-corrected chi connectivity index (χ2v) is 8.32. The van der Waals surface area contributed by atoms with Crippen LogP contribution in [0.2, 0.25) is 5.02 Å². The minimum absolute atomic E-state index is 0.0664. The minimum Gasteiger partial charge on any atom is -0.308 e. The summed E-state index contributed by atoms with van der Waals surface area (Å²) >= 11 is 11.6. The van der Waals surface area contributed by atoms with E-state index >= 15 is 0 Å². The number of benzene rings is 2. The zero-order chi connectivity index (χ0) is 15.5. The third kappa shape index (κ3) is 5.33. The monoisotopic (exact) mass is 383 g/mol. The number of halogens is 2. The fraction of sp³-hybridized carbons (Fsp3) is 0.294. The van der Waals surface area contributed by atoms with Gasteiger partial charge < -0.3 is 5.32 Å². The van der Waals surface area contributed by atoms with E-state index in [1.54, 1.807) is 11.8 Å². The Morgan fingerprint density at radius 2 is 1.86 bits per heavy atom. The average molecular weight is 385 g/mol. The molecule has 0 radical (unpaired) electrons. The van der Waals surface area contributed by atoms with Gasteiger partial charge in [-0.15, -0.1) is 0 Å². The SMILES string of the molecule is CC(C)(C)NCc1c(Cl)cccc1Sc1cccc(Br)c1. The van der Waals surface area contributed by atoms with E-state index in [0.29, 0.717) is 0 Å². The number of hydrogen-bond donors (Lipinski definition) is 1. The van der Waals surface area contributed by atoms with E-state index in [4.69, 9.17) is 11.6 Å². The molecule has 0 atom stereocenters. The fourth-order valence-electron chi connectivity index (χ4n) is 1.82. The van der Waals surface area contributed by atoms with E-state index in [0.717, 1.165) is 21.6 Å². The van der Waals surface area contributed by atoms with Crippen molar-refractivity contribution in [3.8, 4) is 0 Å². The Kier molecular flexibility index (Phi) is 5.78. The van der Waals surface area contributed by atoms with Crippen molar-refractivity contribution in [1.82, 2.24) is 5.32 Å². The van der Waals surface area contributed by atoms with Crippen LogP contribution in [0.25, 0.3) is 0 Å². The molecular weight excluding hydrogens is 366 g/mol. The molecule has 112 valence electrons. The van der Waals surface area contributed by atoms with Crippen molar-refractivity contribution in [1.29, 1.82) is 0 Å². The summed E-state index contributed by atoms with van der Waals surface area (Å²) in [4.78, 5) is 2.39. The molecule has 0 heterocycles. The van der Waals surface area contributed by atoms with Crippen LogP contribution in [0.5, 0.6) is 0 Å². The molecule has 2 aromatic rings. The van der Waals surface area contributed by atoms with Gasteiger partial charge in [0.25, 0.3) is 0 Å². The maximum Gasteiger partial charge on any atom is 0.0462 e. The van der Waals surface area contributed by atoms with E-state index in [-0.39, 0.29) is 5.54 Å². The predicted molar refractivity (Wildman–Crippen MR) is 96.3 cm³/mol. The smallest absolute Gasteiger partial charge is 0.0462 e. The first-order valence-corrected chi connectivity index (χ1v) is 8.80. The average Bonchev–Trinajstić information content (AvgIpc) is 2.37. The first-order chi connectivity index (χ1) is 9.85. The van der Waals surface area contributed by atoms with Gasteiger partial charge >= 0.3 is 0 Å². The van der Waals surface area contributed by atoms with E-state index in [2.05, 4.69) is 60.2 Å². The van der Waals surface area contributed by atoms with Crippen molar-refractivity contribution < 1.29 is 0 Å². The molecule has 0 aliphatic carbocycles. The number of nitrogens with one attached hydrogen (secondary N) is 1. The lowest BCUT2D eigenvalue weighted by molar-refractivity contribution is 0.422. The van der Waals surface area contributed by atoms with Crippen LogP contribution in [0.3, 0.4) is 0 Å². The predicted octanol–water partition coefficient (Wildman–Crippen LogP) is 6.14.